The van der Waals surface area contributed by atoms with Crippen LogP contribution in [0.25, 0.3) is 54.6 Å². The summed E-state index contributed by atoms with van der Waals surface area (Å²) in [6.45, 7) is 0. The number of fused-ring (bicyclic) bond motifs is 3. The number of hydrogen-bond donors (Lipinski definition) is 0. The Balaban J connectivity index is 1.61. The molecular formula is C30H20. The lowest BCUT2D eigenvalue weighted by Crippen LogP contribution is -2.05. The summed E-state index contributed by atoms with van der Waals surface area (Å²) in [7, 11) is 0. The molecule has 0 atom stereocenters. The first kappa shape index (κ1) is 16.2. The molecule has 0 saturated heterocycles. The molecule has 1 aliphatic carbocycles. The highest BCUT2D eigenvalue weighted by atomic mass is 14.2. The summed E-state index contributed by atoms with van der Waals surface area (Å²) in [6, 6.07) is 36.1. The largest absolute Gasteiger partial charge is 0.0620 e. The third-order valence-electron chi connectivity index (χ3n) is 6.93. The maximum absolute atomic E-state index is 2.42. The normalized spacial score (nSPS) is 13.1. The van der Waals surface area contributed by atoms with Crippen molar-refractivity contribution < 1.29 is 0 Å². The fourth-order valence-corrected chi connectivity index (χ4v) is 5.61. The van der Waals surface area contributed by atoms with Gasteiger partial charge in [0.05, 0.1) is 0 Å². The van der Waals surface area contributed by atoms with E-state index in [1.165, 1.54) is 65.7 Å². The van der Waals surface area contributed by atoms with E-state index < -0.39 is 0 Å². The van der Waals surface area contributed by atoms with Crippen LogP contribution in [0.1, 0.15) is 11.1 Å². The molecule has 0 fully saturated rings. The average molecular weight is 380 g/mol. The van der Waals surface area contributed by atoms with Gasteiger partial charge < -0.3 is 0 Å². The molecule has 1 aliphatic rings. The molecule has 0 heterocycles. The van der Waals surface area contributed by atoms with Crippen molar-refractivity contribution in [3.8, 4) is 22.3 Å². The molecule has 6 aromatic carbocycles. The Morgan fingerprint density at radius 2 is 1.10 bits per heavy atom. The van der Waals surface area contributed by atoms with Crippen LogP contribution < -0.4 is 0 Å². The molecule has 30 heavy (non-hydrogen) atoms. The average Bonchev–Trinajstić information content (AvgIpc) is 2.82. The minimum absolute atomic E-state index is 1.10. The zero-order chi connectivity index (χ0) is 19.7. The topological polar surface area (TPSA) is 0 Å². The van der Waals surface area contributed by atoms with Crippen molar-refractivity contribution in [1.82, 2.24) is 0 Å². The molecule has 0 heteroatoms. The van der Waals surface area contributed by atoms with Crippen molar-refractivity contribution in [1.29, 1.82) is 0 Å². The smallest absolute Gasteiger partial charge is 0.00206 e. The minimum atomic E-state index is 1.10. The summed E-state index contributed by atoms with van der Waals surface area (Å²) in [5, 5.41) is 8.14. The highest BCUT2D eigenvalue weighted by molar-refractivity contribution is 6.26. The van der Waals surface area contributed by atoms with Crippen molar-refractivity contribution in [2.45, 2.75) is 12.8 Å². The van der Waals surface area contributed by atoms with E-state index >= 15 is 0 Å². The zero-order valence-corrected chi connectivity index (χ0v) is 16.7. The van der Waals surface area contributed by atoms with Gasteiger partial charge in [-0.1, -0.05) is 91.0 Å². The van der Waals surface area contributed by atoms with Crippen LogP contribution in [-0.2, 0) is 12.8 Å². The second-order valence-corrected chi connectivity index (χ2v) is 8.46. The van der Waals surface area contributed by atoms with Gasteiger partial charge in [-0.15, -0.1) is 0 Å². The lowest BCUT2D eigenvalue weighted by atomic mass is 9.80. The van der Waals surface area contributed by atoms with E-state index in [1.807, 2.05) is 0 Å². The van der Waals surface area contributed by atoms with Crippen LogP contribution in [0.3, 0.4) is 0 Å². The summed E-state index contributed by atoms with van der Waals surface area (Å²) < 4.78 is 0. The van der Waals surface area contributed by atoms with Crippen LogP contribution in [0.5, 0.6) is 0 Å². The van der Waals surface area contributed by atoms with Crippen LogP contribution in [0, 0.1) is 0 Å². The molecule has 0 saturated carbocycles. The lowest BCUT2D eigenvalue weighted by Gasteiger charge is -2.24. The van der Waals surface area contributed by atoms with Gasteiger partial charge in [0.25, 0.3) is 0 Å². The maximum Gasteiger partial charge on any atom is -0.00206 e. The fraction of sp³-hybridized carbons (Fsp3) is 0.0667. The molecule has 0 unspecified atom stereocenters. The quantitative estimate of drug-likeness (QED) is 0.253. The molecule has 0 amide bonds. The predicted molar refractivity (Wildman–Crippen MR) is 128 cm³/mol. The summed E-state index contributed by atoms with van der Waals surface area (Å²) in [4.78, 5) is 0. The van der Waals surface area contributed by atoms with Gasteiger partial charge in [-0.3, -0.25) is 0 Å². The molecule has 0 N–H and O–H groups in total. The molecular weight excluding hydrogens is 360 g/mol. The van der Waals surface area contributed by atoms with E-state index in [2.05, 4.69) is 97.1 Å². The van der Waals surface area contributed by atoms with E-state index in [0.717, 1.165) is 12.8 Å². The van der Waals surface area contributed by atoms with Crippen molar-refractivity contribution in [3.63, 3.8) is 0 Å². The molecule has 6 aromatic rings. The standard InChI is InChI=1S/C30H20/c1-2-10-23-19(6-1)16-17-26-24(23)11-5-12-25(26)28-18-22-9-3-7-20-14-15-21-8-4-13-27(28)30(21)29(20)22/h1-15,18H,16-17H2. The monoisotopic (exact) mass is 380 g/mol. The Morgan fingerprint density at radius 1 is 0.433 bits per heavy atom. The van der Waals surface area contributed by atoms with Crippen molar-refractivity contribution in [3.05, 3.63) is 108 Å². The van der Waals surface area contributed by atoms with Crippen LogP contribution in [0.15, 0.2) is 97.1 Å². The molecule has 0 spiro atoms. The summed E-state index contributed by atoms with van der Waals surface area (Å²) in [6.07, 6.45) is 2.21. The molecule has 0 aliphatic heterocycles. The Labute approximate surface area is 175 Å². The first-order valence-corrected chi connectivity index (χ1v) is 10.8. The molecule has 0 aromatic heterocycles. The minimum Gasteiger partial charge on any atom is -0.0620 e. The van der Waals surface area contributed by atoms with Crippen LogP contribution in [-0.4, -0.2) is 0 Å². The van der Waals surface area contributed by atoms with Gasteiger partial charge in [0, 0.05) is 0 Å². The summed E-state index contributed by atoms with van der Waals surface area (Å²) in [5.41, 5.74) is 8.52. The first-order chi connectivity index (χ1) is 14.9. The number of aryl methyl sites for hydroxylation is 1. The Bertz CT molecular complexity index is 1590. The second kappa shape index (κ2) is 5.93. The lowest BCUT2D eigenvalue weighted by molar-refractivity contribution is 0.944. The van der Waals surface area contributed by atoms with Crippen molar-refractivity contribution >= 4 is 32.3 Å². The number of rotatable bonds is 1. The fourth-order valence-electron chi connectivity index (χ4n) is 5.61. The third-order valence-corrected chi connectivity index (χ3v) is 6.93. The van der Waals surface area contributed by atoms with Gasteiger partial charge in [0.2, 0.25) is 0 Å². The van der Waals surface area contributed by atoms with Gasteiger partial charge >= 0.3 is 0 Å². The molecule has 140 valence electrons. The van der Waals surface area contributed by atoms with Gasteiger partial charge in [0.15, 0.2) is 0 Å². The zero-order valence-electron chi connectivity index (χ0n) is 16.7. The van der Waals surface area contributed by atoms with Crippen molar-refractivity contribution in [2.24, 2.45) is 0 Å². The van der Waals surface area contributed by atoms with Gasteiger partial charge in [0.1, 0.15) is 0 Å². The predicted octanol–water partition coefficient (Wildman–Crippen LogP) is 8.02. The molecule has 0 radical (unpaired) electrons. The molecule has 0 nitrogen and oxygen atoms in total. The van der Waals surface area contributed by atoms with Crippen LogP contribution in [0.4, 0.5) is 0 Å². The van der Waals surface area contributed by atoms with E-state index in [-0.39, 0.29) is 0 Å². The Hall–Kier alpha value is -3.64. The Morgan fingerprint density at radius 3 is 2.00 bits per heavy atom. The van der Waals surface area contributed by atoms with E-state index in [4.69, 9.17) is 0 Å². The maximum atomic E-state index is 2.42. The molecule has 0 bridgehead atoms. The van der Waals surface area contributed by atoms with E-state index in [1.54, 1.807) is 0 Å². The van der Waals surface area contributed by atoms with Crippen molar-refractivity contribution in [2.75, 3.05) is 0 Å². The van der Waals surface area contributed by atoms with Gasteiger partial charge in [-0.25, -0.2) is 0 Å². The third kappa shape index (κ3) is 2.11. The summed E-state index contributed by atoms with van der Waals surface area (Å²) in [5.74, 6) is 0. The van der Waals surface area contributed by atoms with E-state index in [0.29, 0.717) is 0 Å². The van der Waals surface area contributed by atoms with Crippen LogP contribution >= 0.6 is 0 Å². The SMILES string of the molecule is c1ccc2c(c1)CCc1c-2cccc1-c1cc2cccc3ccc4cccc1c4c32. The highest BCUT2D eigenvalue weighted by Gasteiger charge is 2.21. The van der Waals surface area contributed by atoms with E-state index in [9.17, 15) is 0 Å². The van der Waals surface area contributed by atoms with Gasteiger partial charge in [-0.2, -0.15) is 0 Å². The highest BCUT2D eigenvalue weighted by Crippen LogP contribution is 2.44. The molecule has 7 rings (SSSR count). The Kier molecular flexibility index (Phi) is 3.20. The van der Waals surface area contributed by atoms with Gasteiger partial charge in [-0.05, 0) is 84.6 Å². The van der Waals surface area contributed by atoms with Crippen LogP contribution in [0.2, 0.25) is 0 Å². The first-order valence-electron chi connectivity index (χ1n) is 10.8. The number of benzene rings is 6. The second-order valence-electron chi connectivity index (χ2n) is 8.46. The number of hydrogen-bond acceptors (Lipinski definition) is 0. The summed E-state index contributed by atoms with van der Waals surface area (Å²) >= 11 is 0.